The van der Waals surface area contributed by atoms with Gasteiger partial charge >= 0.3 is 0 Å². The molecule has 0 aliphatic heterocycles. The van der Waals surface area contributed by atoms with Crippen LogP contribution in [0, 0.1) is 13.8 Å². The summed E-state index contributed by atoms with van der Waals surface area (Å²) in [6.07, 6.45) is 0.915. The molecule has 0 saturated heterocycles. The summed E-state index contributed by atoms with van der Waals surface area (Å²) >= 11 is 0. The number of carbonyl (C=O) groups excluding carboxylic acids is 1. The summed E-state index contributed by atoms with van der Waals surface area (Å²) in [6.45, 7) is 6.39. The summed E-state index contributed by atoms with van der Waals surface area (Å²) in [5.74, 6) is 0.191. The number of para-hydroxylation sites is 2. The molecule has 7 nitrogen and oxygen atoms in total. The maximum atomic E-state index is 12.5. The number of aromatic nitrogens is 2. The molecule has 8 heteroatoms. The van der Waals surface area contributed by atoms with Gasteiger partial charge in [0, 0.05) is 19.5 Å². The molecule has 1 aromatic heterocycles. The van der Waals surface area contributed by atoms with Crippen LogP contribution >= 0.6 is 0 Å². The van der Waals surface area contributed by atoms with Gasteiger partial charge in [0.15, 0.2) is 0 Å². The fraction of sp³-hybridized carbons (Fsp3) is 0.333. The largest absolute Gasteiger partial charge is 0.310 e. The second kappa shape index (κ2) is 8.75. The topological polar surface area (TPSA) is 93.1 Å². The number of nitrogens with zero attached hydrogens (tertiary/aromatic N) is 2. The number of fused-ring (bicyclic) bond motifs is 1. The highest BCUT2D eigenvalue weighted by Crippen LogP contribution is 2.20. The van der Waals surface area contributed by atoms with Gasteiger partial charge in [0.05, 0.1) is 15.9 Å². The lowest BCUT2D eigenvalue weighted by atomic mass is 10.2. The van der Waals surface area contributed by atoms with E-state index in [9.17, 15) is 13.2 Å². The smallest absolute Gasteiger partial charge is 0.240 e. The molecule has 0 radical (unpaired) electrons. The monoisotopic (exact) mass is 414 g/mol. The average molecular weight is 415 g/mol. The highest BCUT2D eigenvalue weighted by Gasteiger charge is 2.18. The van der Waals surface area contributed by atoms with Gasteiger partial charge in [-0.25, -0.2) is 18.1 Å². The molecule has 154 valence electrons. The number of amides is 1. The van der Waals surface area contributed by atoms with Crippen LogP contribution in [0.3, 0.4) is 0 Å². The van der Waals surface area contributed by atoms with Crippen molar-refractivity contribution in [1.82, 2.24) is 14.3 Å². The van der Waals surface area contributed by atoms with E-state index in [1.807, 2.05) is 41.8 Å². The van der Waals surface area contributed by atoms with Crippen LogP contribution in [0.1, 0.15) is 30.9 Å². The number of aryl methyl sites for hydroxylation is 3. The van der Waals surface area contributed by atoms with Crippen LogP contribution in [-0.4, -0.2) is 30.4 Å². The Balaban J connectivity index is 1.65. The zero-order valence-electron chi connectivity index (χ0n) is 16.9. The molecule has 0 fully saturated rings. The van der Waals surface area contributed by atoms with Gasteiger partial charge in [-0.15, -0.1) is 0 Å². The average Bonchev–Trinajstić information content (AvgIpc) is 3.01. The molecule has 1 heterocycles. The van der Waals surface area contributed by atoms with Crippen molar-refractivity contribution in [2.24, 2.45) is 0 Å². The molecule has 0 bridgehead atoms. The second-order valence-corrected chi connectivity index (χ2v) is 8.78. The Hall–Kier alpha value is -2.71. The number of nitrogens with one attached hydrogen (secondary N) is 2. The predicted molar refractivity (Wildman–Crippen MR) is 114 cm³/mol. The van der Waals surface area contributed by atoms with Gasteiger partial charge in [-0.2, -0.15) is 0 Å². The molecule has 3 rings (SSSR count). The molecule has 0 aliphatic rings. The Kier molecular flexibility index (Phi) is 6.34. The predicted octanol–water partition coefficient (Wildman–Crippen LogP) is 3.37. The molecule has 0 atom stereocenters. The van der Waals surface area contributed by atoms with Crippen LogP contribution in [0.4, 0.5) is 5.95 Å². The Morgan fingerprint density at radius 3 is 2.66 bits per heavy atom. The van der Waals surface area contributed by atoms with E-state index < -0.39 is 10.0 Å². The number of hydrogen-bond acceptors (Lipinski definition) is 4. The lowest BCUT2D eigenvalue weighted by Crippen LogP contribution is -2.28. The van der Waals surface area contributed by atoms with Gasteiger partial charge < -0.3 is 4.57 Å². The van der Waals surface area contributed by atoms with Gasteiger partial charge in [0.25, 0.3) is 0 Å². The summed E-state index contributed by atoms with van der Waals surface area (Å²) in [6, 6.07) is 13.0. The van der Waals surface area contributed by atoms with Crippen LogP contribution in [0.25, 0.3) is 11.0 Å². The summed E-state index contributed by atoms with van der Waals surface area (Å²) in [5.41, 5.74) is 3.30. The van der Waals surface area contributed by atoms with Crippen molar-refractivity contribution >= 4 is 32.9 Å². The van der Waals surface area contributed by atoms with E-state index >= 15 is 0 Å². The molecule has 0 spiro atoms. The Bertz CT molecular complexity index is 1140. The first-order valence-corrected chi connectivity index (χ1v) is 11.1. The number of anilines is 1. The van der Waals surface area contributed by atoms with E-state index in [2.05, 4.69) is 21.9 Å². The molecule has 2 N–H and O–H groups in total. The second-order valence-electron chi connectivity index (χ2n) is 7.04. The third-order valence-electron chi connectivity index (χ3n) is 4.63. The Morgan fingerprint density at radius 1 is 1.14 bits per heavy atom. The highest BCUT2D eigenvalue weighted by molar-refractivity contribution is 7.89. The number of sulfonamides is 1. The fourth-order valence-corrected chi connectivity index (χ4v) is 4.54. The maximum absolute atomic E-state index is 12.5. The zero-order valence-corrected chi connectivity index (χ0v) is 17.7. The summed E-state index contributed by atoms with van der Waals surface area (Å²) in [4.78, 5) is 17.1. The first-order chi connectivity index (χ1) is 13.8. The Labute approximate surface area is 171 Å². The third-order valence-corrected chi connectivity index (χ3v) is 6.23. The normalized spacial score (nSPS) is 11.7. The minimum absolute atomic E-state index is 0.00948. The molecular weight excluding hydrogens is 388 g/mol. The van der Waals surface area contributed by atoms with Gasteiger partial charge in [0.1, 0.15) is 0 Å². The minimum Gasteiger partial charge on any atom is -0.310 e. The number of imidazole rings is 1. The van der Waals surface area contributed by atoms with Crippen LogP contribution in [0.2, 0.25) is 0 Å². The van der Waals surface area contributed by atoms with Crippen LogP contribution in [-0.2, 0) is 21.4 Å². The maximum Gasteiger partial charge on any atom is 0.240 e. The van der Waals surface area contributed by atoms with E-state index in [0.717, 1.165) is 29.6 Å². The van der Waals surface area contributed by atoms with Crippen molar-refractivity contribution in [3.05, 3.63) is 53.6 Å². The van der Waals surface area contributed by atoms with E-state index in [1.54, 1.807) is 19.1 Å². The number of carbonyl (C=O) groups is 1. The molecule has 0 saturated carbocycles. The minimum atomic E-state index is -3.67. The highest BCUT2D eigenvalue weighted by atomic mass is 32.2. The van der Waals surface area contributed by atoms with Crippen molar-refractivity contribution in [3.8, 4) is 0 Å². The number of rotatable bonds is 8. The lowest BCUT2D eigenvalue weighted by molar-refractivity contribution is -0.116. The Morgan fingerprint density at radius 2 is 1.90 bits per heavy atom. The van der Waals surface area contributed by atoms with Crippen LogP contribution < -0.4 is 10.0 Å². The molecule has 0 aliphatic carbocycles. The first-order valence-electron chi connectivity index (χ1n) is 9.64. The fourth-order valence-electron chi connectivity index (χ4n) is 3.18. The van der Waals surface area contributed by atoms with Gasteiger partial charge in [-0.1, -0.05) is 31.2 Å². The third kappa shape index (κ3) is 4.83. The van der Waals surface area contributed by atoms with E-state index in [1.165, 1.54) is 0 Å². The molecule has 1 amide bonds. The zero-order chi connectivity index (χ0) is 21.0. The molecule has 3 aromatic rings. The molecule has 2 aromatic carbocycles. The van der Waals surface area contributed by atoms with E-state index in [-0.39, 0.29) is 23.8 Å². The quantitative estimate of drug-likeness (QED) is 0.591. The summed E-state index contributed by atoms with van der Waals surface area (Å²) < 4.78 is 29.6. The van der Waals surface area contributed by atoms with Gasteiger partial charge in [-0.05, 0) is 49.6 Å². The van der Waals surface area contributed by atoms with E-state index in [0.29, 0.717) is 11.5 Å². The van der Waals surface area contributed by atoms with Crippen LogP contribution in [0.5, 0.6) is 0 Å². The molecule has 29 heavy (non-hydrogen) atoms. The SMILES string of the molecule is CCCn1c(NC(=O)CCNS(=O)(=O)c2cc(C)ccc2C)nc2ccccc21. The van der Waals surface area contributed by atoms with Crippen molar-refractivity contribution in [3.63, 3.8) is 0 Å². The van der Waals surface area contributed by atoms with Crippen molar-refractivity contribution in [2.75, 3.05) is 11.9 Å². The van der Waals surface area contributed by atoms with Gasteiger partial charge in [0.2, 0.25) is 21.9 Å². The van der Waals surface area contributed by atoms with Crippen molar-refractivity contribution in [1.29, 1.82) is 0 Å². The van der Waals surface area contributed by atoms with Crippen molar-refractivity contribution < 1.29 is 13.2 Å². The molecule has 0 unspecified atom stereocenters. The number of hydrogen-bond donors (Lipinski definition) is 2. The van der Waals surface area contributed by atoms with Crippen LogP contribution in [0.15, 0.2) is 47.4 Å². The first kappa shape index (κ1) is 21.0. The molecular formula is C21H26N4O3S. The van der Waals surface area contributed by atoms with Crippen molar-refractivity contribution in [2.45, 2.75) is 45.1 Å². The van der Waals surface area contributed by atoms with Gasteiger partial charge in [-0.3, -0.25) is 10.1 Å². The summed E-state index contributed by atoms with van der Waals surface area (Å²) in [7, 11) is -3.67. The van der Waals surface area contributed by atoms with E-state index in [4.69, 9.17) is 0 Å². The number of benzene rings is 2. The standard InChI is InChI=1S/C21H26N4O3S/c1-4-13-25-18-8-6-5-7-17(18)23-21(25)24-20(26)11-12-22-29(27,28)19-14-15(2)9-10-16(19)3/h5-10,14,22H,4,11-13H2,1-3H3,(H,23,24,26). The lowest BCUT2D eigenvalue weighted by Gasteiger charge is -2.11. The summed E-state index contributed by atoms with van der Waals surface area (Å²) in [5, 5.41) is 2.81.